The molecule has 0 aliphatic rings. The molecule has 0 aromatic carbocycles. The lowest BCUT2D eigenvalue weighted by molar-refractivity contribution is 0.161. The zero-order chi connectivity index (χ0) is 13.8. The largest absolute Gasteiger partial charge is 0.473 e. The van der Waals surface area contributed by atoms with Gasteiger partial charge in [-0.1, -0.05) is 13.8 Å². The van der Waals surface area contributed by atoms with Crippen LogP contribution >= 0.6 is 0 Å². The van der Waals surface area contributed by atoms with Gasteiger partial charge in [-0.25, -0.2) is 0 Å². The maximum Gasteiger partial charge on any atom is 0.233 e. The average Bonchev–Trinajstić information content (AvgIpc) is 2.27. The van der Waals surface area contributed by atoms with E-state index in [-0.39, 0.29) is 11.6 Å². The lowest BCUT2D eigenvalue weighted by Gasteiger charge is -2.20. The highest BCUT2D eigenvalue weighted by molar-refractivity contribution is 5.12. The minimum Gasteiger partial charge on any atom is -0.473 e. The smallest absolute Gasteiger partial charge is 0.233 e. The van der Waals surface area contributed by atoms with Crippen LogP contribution in [0.2, 0.25) is 0 Å². The third-order valence-corrected chi connectivity index (χ3v) is 2.74. The van der Waals surface area contributed by atoms with Gasteiger partial charge in [0.05, 0.1) is 11.8 Å². The van der Waals surface area contributed by atoms with E-state index in [2.05, 4.69) is 50.1 Å². The van der Waals surface area contributed by atoms with Crippen molar-refractivity contribution in [1.29, 1.82) is 0 Å². The van der Waals surface area contributed by atoms with Gasteiger partial charge in [-0.3, -0.25) is 0 Å². The average molecular weight is 251 g/mol. The first-order valence-corrected chi connectivity index (χ1v) is 6.52. The molecule has 0 radical (unpaired) electrons. The summed E-state index contributed by atoms with van der Waals surface area (Å²) < 4.78 is 5.68. The van der Waals surface area contributed by atoms with E-state index in [9.17, 15) is 0 Å². The highest BCUT2D eigenvalue weighted by Gasteiger charge is 2.11. The highest BCUT2D eigenvalue weighted by Crippen LogP contribution is 2.12. The van der Waals surface area contributed by atoms with Crippen LogP contribution in [0.15, 0.2) is 12.1 Å². The van der Waals surface area contributed by atoms with Crippen LogP contribution in [0, 0.1) is 5.92 Å². The molecule has 0 aliphatic carbocycles. The quantitative estimate of drug-likeness (QED) is 0.874. The summed E-state index contributed by atoms with van der Waals surface area (Å²) in [5.74, 6) is 1.06. The second-order valence-corrected chi connectivity index (χ2v) is 6.03. The van der Waals surface area contributed by atoms with Crippen molar-refractivity contribution in [2.45, 2.75) is 59.7 Å². The van der Waals surface area contributed by atoms with E-state index in [1.807, 2.05) is 19.1 Å². The van der Waals surface area contributed by atoms with E-state index >= 15 is 0 Å². The zero-order valence-electron chi connectivity index (χ0n) is 12.3. The van der Waals surface area contributed by atoms with Crippen molar-refractivity contribution < 1.29 is 4.74 Å². The fourth-order valence-electron chi connectivity index (χ4n) is 1.19. The molecule has 1 rings (SSSR count). The van der Waals surface area contributed by atoms with Gasteiger partial charge in [0.2, 0.25) is 5.88 Å². The van der Waals surface area contributed by atoms with Crippen LogP contribution in [0.25, 0.3) is 0 Å². The van der Waals surface area contributed by atoms with E-state index in [0.717, 1.165) is 12.2 Å². The monoisotopic (exact) mass is 251 g/mol. The van der Waals surface area contributed by atoms with Gasteiger partial charge in [0.25, 0.3) is 0 Å². The Kier molecular flexibility index (Phi) is 5.08. The molecule has 18 heavy (non-hydrogen) atoms. The minimum absolute atomic E-state index is 0.0863. The van der Waals surface area contributed by atoms with Crippen molar-refractivity contribution in [3.63, 3.8) is 0 Å². The summed E-state index contributed by atoms with van der Waals surface area (Å²) in [5.41, 5.74) is 1.01. The first-order chi connectivity index (χ1) is 8.28. The molecule has 1 N–H and O–H groups in total. The molecule has 1 heterocycles. The van der Waals surface area contributed by atoms with Gasteiger partial charge in [-0.05, 0) is 39.7 Å². The number of nitrogens with one attached hydrogen (secondary N) is 1. The van der Waals surface area contributed by atoms with Crippen LogP contribution in [-0.2, 0) is 6.54 Å². The van der Waals surface area contributed by atoms with E-state index < -0.39 is 0 Å². The fraction of sp³-hybridized carbons (Fsp3) is 0.714. The number of aromatic nitrogens is 2. The second-order valence-electron chi connectivity index (χ2n) is 6.03. The van der Waals surface area contributed by atoms with Crippen molar-refractivity contribution in [2.24, 2.45) is 5.92 Å². The number of hydrogen-bond acceptors (Lipinski definition) is 4. The van der Waals surface area contributed by atoms with Gasteiger partial charge in [-0.2, -0.15) is 5.10 Å². The Labute approximate surface area is 110 Å². The Hall–Kier alpha value is -1.16. The molecular weight excluding hydrogens is 226 g/mol. The number of hydrogen-bond donors (Lipinski definition) is 1. The van der Waals surface area contributed by atoms with Crippen molar-refractivity contribution >= 4 is 0 Å². The van der Waals surface area contributed by atoms with Gasteiger partial charge in [0.1, 0.15) is 0 Å². The topological polar surface area (TPSA) is 47.0 Å². The molecule has 0 saturated carbocycles. The third-order valence-electron chi connectivity index (χ3n) is 2.74. The molecule has 1 aromatic rings. The van der Waals surface area contributed by atoms with Crippen LogP contribution in [0.1, 0.15) is 47.2 Å². The Morgan fingerprint density at radius 3 is 2.28 bits per heavy atom. The zero-order valence-corrected chi connectivity index (χ0v) is 12.3. The molecule has 0 spiro atoms. The maximum atomic E-state index is 5.68. The molecule has 1 aromatic heterocycles. The lowest BCUT2D eigenvalue weighted by Crippen LogP contribution is -2.35. The summed E-state index contributed by atoms with van der Waals surface area (Å²) in [7, 11) is 0. The molecular formula is C14H25N3O. The first kappa shape index (κ1) is 14.9. The van der Waals surface area contributed by atoms with E-state index in [4.69, 9.17) is 4.74 Å². The van der Waals surface area contributed by atoms with Crippen LogP contribution in [0.4, 0.5) is 0 Å². The van der Waals surface area contributed by atoms with Crippen LogP contribution in [-0.4, -0.2) is 21.8 Å². The molecule has 0 fully saturated rings. The molecule has 0 bridgehead atoms. The van der Waals surface area contributed by atoms with E-state index in [1.165, 1.54) is 0 Å². The Balaban J connectivity index is 2.52. The van der Waals surface area contributed by atoms with Crippen LogP contribution in [0.5, 0.6) is 5.88 Å². The van der Waals surface area contributed by atoms with Gasteiger partial charge in [0.15, 0.2) is 0 Å². The van der Waals surface area contributed by atoms with Gasteiger partial charge in [0, 0.05) is 18.2 Å². The highest BCUT2D eigenvalue weighted by atomic mass is 16.5. The van der Waals surface area contributed by atoms with Crippen LogP contribution in [0.3, 0.4) is 0 Å². The summed E-state index contributed by atoms with van der Waals surface area (Å²) >= 11 is 0. The normalized spacial score (nSPS) is 13.7. The second kappa shape index (κ2) is 6.14. The predicted octanol–water partition coefficient (Wildman–Crippen LogP) is 2.79. The molecule has 0 amide bonds. The predicted molar refractivity (Wildman–Crippen MR) is 73.6 cm³/mol. The SMILES string of the molecule is CC(C)C(C)Oc1ccc(CNC(C)(C)C)nn1. The van der Waals surface area contributed by atoms with Crippen molar-refractivity contribution in [3.8, 4) is 5.88 Å². The van der Waals surface area contributed by atoms with Crippen molar-refractivity contribution in [3.05, 3.63) is 17.8 Å². The molecule has 1 atom stereocenters. The molecule has 102 valence electrons. The maximum absolute atomic E-state index is 5.68. The molecule has 4 heteroatoms. The molecule has 0 saturated heterocycles. The number of ether oxygens (including phenoxy) is 1. The molecule has 0 aliphatic heterocycles. The Morgan fingerprint density at radius 1 is 1.17 bits per heavy atom. The first-order valence-electron chi connectivity index (χ1n) is 6.52. The molecule has 1 unspecified atom stereocenters. The summed E-state index contributed by atoms with van der Waals surface area (Å²) in [6.45, 7) is 13.4. The van der Waals surface area contributed by atoms with Crippen molar-refractivity contribution in [1.82, 2.24) is 15.5 Å². The van der Waals surface area contributed by atoms with E-state index in [1.54, 1.807) is 0 Å². The minimum atomic E-state index is 0.0863. The molecule has 4 nitrogen and oxygen atoms in total. The summed E-state index contributed by atoms with van der Waals surface area (Å²) in [6, 6.07) is 3.83. The summed E-state index contributed by atoms with van der Waals surface area (Å²) in [6.07, 6.45) is 0.151. The van der Waals surface area contributed by atoms with Crippen LogP contribution < -0.4 is 10.1 Å². The fourth-order valence-corrected chi connectivity index (χ4v) is 1.19. The van der Waals surface area contributed by atoms with E-state index in [0.29, 0.717) is 11.8 Å². The lowest BCUT2D eigenvalue weighted by atomic mass is 10.1. The summed E-state index contributed by atoms with van der Waals surface area (Å²) in [4.78, 5) is 0. The van der Waals surface area contributed by atoms with Gasteiger partial charge >= 0.3 is 0 Å². The number of rotatable bonds is 5. The van der Waals surface area contributed by atoms with Gasteiger partial charge < -0.3 is 10.1 Å². The van der Waals surface area contributed by atoms with Crippen molar-refractivity contribution in [2.75, 3.05) is 0 Å². The summed E-state index contributed by atoms with van der Waals surface area (Å²) in [5, 5.41) is 11.6. The standard InChI is InChI=1S/C14H25N3O/c1-10(2)11(3)18-13-8-7-12(16-17-13)9-15-14(4,5)6/h7-8,10-11,15H,9H2,1-6H3. The Bertz CT molecular complexity index is 354. The third kappa shape index (κ3) is 5.45. The number of nitrogens with zero attached hydrogens (tertiary/aromatic N) is 2. The Morgan fingerprint density at radius 2 is 1.83 bits per heavy atom. The van der Waals surface area contributed by atoms with Gasteiger partial charge in [-0.15, -0.1) is 5.10 Å².